The van der Waals surface area contributed by atoms with Crippen LogP contribution in [0.1, 0.15) is 283 Å². The molecule has 26 heteroatoms. The summed E-state index contributed by atoms with van der Waals surface area (Å²) in [5.41, 5.74) is 26.7. The second-order valence-electron chi connectivity index (χ2n) is 44.9. The van der Waals surface area contributed by atoms with Gasteiger partial charge in [0.15, 0.2) is 0 Å². The highest BCUT2D eigenvalue weighted by Crippen LogP contribution is 2.55. The highest BCUT2D eigenvalue weighted by Gasteiger charge is 2.49. The number of nitrogens with one attached hydrogen (secondary N) is 6. The molecule has 0 aromatic heterocycles. The minimum atomic E-state index is -0.229. The molecular weight excluding hydrogens is 1880 g/mol. The fraction of sp³-hybridized carbons (Fsp3) is 0.415. The average Bonchev–Trinajstić information content (AvgIpc) is 0.779. The molecule has 6 unspecified atom stereocenters. The Balaban J connectivity index is 0.000000112. The third kappa shape index (κ3) is 23.3. The van der Waals surface area contributed by atoms with Crippen LogP contribution in [0.4, 0.5) is 34.1 Å². The molecule has 0 radical (unpaired) electrons. The Morgan fingerprint density at radius 1 is 0.228 bits per heavy atom. The van der Waals surface area contributed by atoms with Gasteiger partial charge in [0.1, 0.15) is 119 Å². The lowest BCUT2D eigenvalue weighted by molar-refractivity contribution is -0.151. The van der Waals surface area contributed by atoms with Crippen molar-refractivity contribution >= 4 is 34.1 Å². The van der Waals surface area contributed by atoms with Crippen molar-refractivity contribution in [1.82, 2.24) is 0 Å². The summed E-state index contributed by atoms with van der Waals surface area (Å²) >= 11 is 0. The third-order valence-corrected chi connectivity index (χ3v) is 30.0. The predicted octanol–water partition coefficient (Wildman–Crippen LogP) is 24.4. The van der Waals surface area contributed by atoms with E-state index in [1.54, 1.807) is 72.8 Å². The maximum atomic E-state index is 9.88. The Bertz CT molecular complexity index is 6410. The Morgan fingerprint density at radius 2 is 0.436 bits per heavy atom. The molecule has 26 nitrogen and oxygen atoms in total. The number of rotatable bonds is 8. The highest BCUT2D eigenvalue weighted by atomic mass is 16.6. The van der Waals surface area contributed by atoms with Crippen LogP contribution >= 0.6 is 0 Å². The molecule has 12 aromatic carbocycles. The smallest absolute Gasteiger partial charge is 0.119 e. The lowest BCUT2D eigenvalue weighted by Gasteiger charge is -2.43. The van der Waals surface area contributed by atoms with Crippen LogP contribution in [-0.2, 0) is 84.9 Å². The third-order valence-electron chi connectivity index (χ3n) is 30.0. The first-order valence-corrected chi connectivity index (χ1v) is 52.5. The van der Waals surface area contributed by atoms with E-state index < -0.39 is 0 Å². The zero-order chi connectivity index (χ0) is 105. The molecule has 24 rings (SSSR count). The maximum Gasteiger partial charge on any atom is 0.119 e. The highest BCUT2D eigenvalue weighted by molar-refractivity contribution is 5.67. The Kier molecular flexibility index (Phi) is 31.0. The molecule has 12 aliphatic heterocycles. The number of aromatic hydroxyl groups is 8. The molecule has 12 aromatic rings. The molecule has 12 aliphatic rings. The van der Waals surface area contributed by atoms with Crippen molar-refractivity contribution in [3.63, 3.8) is 0 Å². The quantitative estimate of drug-likeness (QED) is 0.0672. The number of anilines is 6. The number of hydrogen-bond donors (Lipinski definition) is 14. The number of benzene rings is 12. The molecule has 0 bridgehead atoms. The summed E-state index contributed by atoms with van der Waals surface area (Å²) in [5, 5.41) is 100. The second-order valence-corrected chi connectivity index (χ2v) is 44.9. The molecule has 18 atom stereocenters. The minimum Gasteiger partial charge on any atom is -0.508 e. The summed E-state index contributed by atoms with van der Waals surface area (Å²) < 4.78 is 73.1. The van der Waals surface area contributed by atoms with Crippen molar-refractivity contribution in [3.8, 4) is 46.0 Å². The van der Waals surface area contributed by atoms with E-state index in [0.29, 0.717) is 85.2 Å². The van der Waals surface area contributed by atoms with Crippen LogP contribution in [0, 0.1) is 0 Å². The van der Waals surface area contributed by atoms with Gasteiger partial charge in [0.2, 0.25) is 0 Å². The van der Waals surface area contributed by atoms with Crippen molar-refractivity contribution in [2.75, 3.05) is 111 Å². The van der Waals surface area contributed by atoms with E-state index >= 15 is 0 Å². The SMILES string of the molecule is CC(C)(C)c1ccc2c(c1)C1OCCOC1C(c1cc(O)cc(O)c1)N2.CC(C)(C)c1ccc2c(c1)C1OCCOC1C(c1cccc(O)c1)N2.CC(C)(C)c1ccc2c(c1)[C@H]1OCCO[C@H]1[C@H](c1cc(O)cc(O)c1)N2.CC(C)(C)c1ccc2c(c1)[C@H]1OCCO[C@H]1[C@H](c1cccc(O)c1)N2.CC(C)c1ccc2c(c1)[C@H]1OCCO[C@H]1[C@H](c1cccc(O)c1)N2.CCc1ccc2c(c1)[C@H]1OCCO[C@H]1[C@H](c1cccc(O)c1)N2. The molecule has 0 saturated carbocycles. The topological polar surface area (TPSA) is 345 Å². The van der Waals surface area contributed by atoms with Gasteiger partial charge < -0.3 is 130 Å². The average molecular weight is 2030 g/mol. The van der Waals surface area contributed by atoms with Crippen molar-refractivity contribution in [1.29, 1.82) is 0 Å². The molecule has 6 fully saturated rings. The van der Waals surface area contributed by atoms with Gasteiger partial charge in [0.25, 0.3) is 0 Å². The van der Waals surface area contributed by atoms with Gasteiger partial charge in [-0.3, -0.25) is 0 Å². The van der Waals surface area contributed by atoms with Crippen LogP contribution < -0.4 is 31.9 Å². The van der Waals surface area contributed by atoms with Gasteiger partial charge in [0.05, 0.1) is 116 Å². The number of ether oxygens (including phenoxy) is 12. The van der Waals surface area contributed by atoms with Gasteiger partial charge in [-0.25, -0.2) is 0 Å². The van der Waals surface area contributed by atoms with E-state index in [0.717, 1.165) is 96.2 Å². The number of phenols is 8. The van der Waals surface area contributed by atoms with Gasteiger partial charge in [-0.05, 0) is 210 Å². The molecule has 6 saturated heterocycles. The van der Waals surface area contributed by atoms with E-state index in [1.165, 1.54) is 56.6 Å². The van der Waals surface area contributed by atoms with Crippen LogP contribution in [0.15, 0.2) is 243 Å². The van der Waals surface area contributed by atoms with Crippen LogP contribution in [0.25, 0.3) is 0 Å². The summed E-state index contributed by atoms with van der Waals surface area (Å²) in [7, 11) is 0. The number of aryl methyl sites for hydroxylation is 1. The fourth-order valence-corrected chi connectivity index (χ4v) is 22.2. The lowest BCUT2D eigenvalue weighted by atomic mass is 9.82. The number of fused-ring (bicyclic) bond motifs is 18. The largest absolute Gasteiger partial charge is 0.508 e. The van der Waals surface area contributed by atoms with Crippen LogP contribution in [0.2, 0.25) is 0 Å². The van der Waals surface area contributed by atoms with E-state index in [4.69, 9.17) is 56.8 Å². The zero-order valence-corrected chi connectivity index (χ0v) is 87.7. The van der Waals surface area contributed by atoms with E-state index in [-0.39, 0.29) is 177 Å². The van der Waals surface area contributed by atoms with E-state index in [1.807, 2.05) is 48.5 Å². The van der Waals surface area contributed by atoms with Gasteiger partial charge >= 0.3 is 0 Å². The Morgan fingerprint density at radius 3 is 0.664 bits per heavy atom. The van der Waals surface area contributed by atoms with Crippen LogP contribution in [0.5, 0.6) is 46.0 Å². The van der Waals surface area contributed by atoms with Crippen molar-refractivity contribution in [3.05, 3.63) is 343 Å². The Hall–Kier alpha value is -12.6. The van der Waals surface area contributed by atoms with Gasteiger partial charge in [0, 0.05) is 79.6 Å². The first-order valence-electron chi connectivity index (χ1n) is 52.5. The van der Waals surface area contributed by atoms with Crippen molar-refractivity contribution < 1.29 is 97.7 Å². The van der Waals surface area contributed by atoms with Crippen molar-refractivity contribution in [2.24, 2.45) is 0 Å². The summed E-state index contributed by atoms with van der Waals surface area (Å²) in [5.74, 6) is 1.67. The van der Waals surface area contributed by atoms with Gasteiger partial charge in [-0.15, -0.1) is 0 Å². The summed E-state index contributed by atoms with van der Waals surface area (Å²) in [6.45, 7) is 40.0. The van der Waals surface area contributed by atoms with Crippen LogP contribution in [-0.4, -0.2) is 157 Å². The molecule has 14 N–H and O–H groups in total. The first-order chi connectivity index (χ1) is 71.4. The lowest BCUT2D eigenvalue weighted by Crippen LogP contribution is -2.43. The summed E-state index contributed by atoms with van der Waals surface area (Å²) in [6.07, 6.45) is -0.591. The standard InChI is InChI=1S/2C21H25NO4.2C21H25NO3.C20H23NO3.C19H21NO3/c2*1-21(2,3)13-4-5-17-16(10-13)19-20(26-7-6-25-19)18(22-17)12-8-14(23)11-15(24)9-12;2*1-21(2,3)14-7-8-17-16(12-14)19-20(25-10-9-24-19)18(22-17)13-5-4-6-15(23)11-13;1-12(2)13-6-7-17-16(11-13)19-20(24-9-8-23-19)18(21-17)14-4-3-5-15(22)10-14;1-2-12-6-7-16-15(10-12)18-19(23-9-8-22-18)17(20-16)13-4-3-5-14(21)11-13/h2*4-5,8-11,18-20,22-24H,6-7H2,1-3H3;2*4-8,11-12,18-20,22-23H,9-10H2,1-3H3;3-7,10-12,18-22H,8-9H2,1-2H3;3-7,10-11,17-21H,2,8-9H2,1H3/t18-,19+,20-;;18-,19+,20-;;18-,19+,20-;17-,18+,19-/m0.0.00/s1. The first kappa shape index (κ1) is 105. The molecular formula is C123H144N6O20. The number of phenolic OH excluding ortho intramolecular Hbond substituents is 8. The van der Waals surface area contributed by atoms with E-state index in [2.05, 4.69) is 245 Å². The maximum absolute atomic E-state index is 9.88. The number of hydrogen-bond acceptors (Lipinski definition) is 26. The predicted molar refractivity (Wildman–Crippen MR) is 578 cm³/mol. The van der Waals surface area contributed by atoms with E-state index in [9.17, 15) is 40.9 Å². The van der Waals surface area contributed by atoms with Crippen LogP contribution in [0.3, 0.4) is 0 Å². The van der Waals surface area contributed by atoms with Crippen molar-refractivity contribution in [2.45, 2.75) is 247 Å². The molecule has 0 aliphatic carbocycles. The normalized spacial score (nSPS) is 25.5. The summed E-state index contributed by atoms with van der Waals surface area (Å²) in [4.78, 5) is 0. The molecule has 0 amide bonds. The second kappa shape index (κ2) is 44.1. The Labute approximate surface area is 874 Å². The molecule has 149 heavy (non-hydrogen) atoms. The zero-order valence-electron chi connectivity index (χ0n) is 87.7. The minimum absolute atomic E-state index is 0.0314. The monoisotopic (exact) mass is 2030 g/mol. The van der Waals surface area contributed by atoms with Gasteiger partial charge in [-0.2, -0.15) is 0 Å². The summed E-state index contributed by atoms with van der Waals surface area (Å²) in [6, 6.07) is 77.0. The fourth-order valence-electron chi connectivity index (χ4n) is 22.2. The molecule has 0 spiro atoms. The molecule has 12 heterocycles. The molecule has 786 valence electrons. The van der Waals surface area contributed by atoms with Gasteiger partial charge in [-0.1, -0.05) is 225 Å².